The molecule has 2 aromatic heterocycles. The minimum atomic E-state index is 0.750. The summed E-state index contributed by atoms with van der Waals surface area (Å²) in [7, 11) is 0. The number of nitrogens with zero attached hydrogens (tertiary/aromatic N) is 4. The van der Waals surface area contributed by atoms with Crippen LogP contribution in [0.15, 0.2) is 30.3 Å². The highest BCUT2D eigenvalue weighted by Crippen LogP contribution is 2.20. The average Bonchev–Trinajstić information content (AvgIpc) is 2.93. The molecule has 0 radical (unpaired) electrons. The second-order valence-electron chi connectivity index (χ2n) is 5.90. The molecule has 120 valence electrons. The van der Waals surface area contributed by atoms with E-state index in [9.17, 15) is 0 Å². The molecule has 1 saturated heterocycles. The van der Waals surface area contributed by atoms with E-state index in [0.717, 1.165) is 67.7 Å². The zero-order valence-corrected chi connectivity index (χ0v) is 13.3. The van der Waals surface area contributed by atoms with Gasteiger partial charge >= 0.3 is 0 Å². The van der Waals surface area contributed by atoms with Gasteiger partial charge in [0.2, 0.25) is 5.78 Å². The topological polar surface area (TPSA) is 54.7 Å². The molecular formula is C17H21N5O. The lowest BCUT2D eigenvalue weighted by atomic mass is 10.3. The van der Waals surface area contributed by atoms with E-state index in [-0.39, 0.29) is 0 Å². The summed E-state index contributed by atoms with van der Waals surface area (Å²) >= 11 is 0. The zero-order chi connectivity index (χ0) is 15.6. The molecule has 23 heavy (non-hydrogen) atoms. The Labute approximate surface area is 135 Å². The van der Waals surface area contributed by atoms with Crippen LogP contribution in [-0.2, 0) is 4.74 Å². The molecule has 1 aliphatic rings. The lowest BCUT2D eigenvalue weighted by Crippen LogP contribution is -2.39. The van der Waals surface area contributed by atoms with E-state index in [1.165, 1.54) is 0 Å². The van der Waals surface area contributed by atoms with Crippen LogP contribution in [0.5, 0.6) is 0 Å². The van der Waals surface area contributed by atoms with E-state index in [2.05, 4.69) is 36.7 Å². The van der Waals surface area contributed by atoms with E-state index in [0.29, 0.717) is 0 Å². The van der Waals surface area contributed by atoms with Crippen molar-refractivity contribution in [2.24, 2.45) is 0 Å². The summed E-state index contributed by atoms with van der Waals surface area (Å²) in [6.07, 6.45) is 0. The predicted octanol–water partition coefficient (Wildman–Crippen LogP) is 1.94. The van der Waals surface area contributed by atoms with Crippen molar-refractivity contribution in [3.05, 3.63) is 36.0 Å². The first-order valence-electron chi connectivity index (χ1n) is 8.10. The Morgan fingerprint density at radius 3 is 2.87 bits per heavy atom. The number of rotatable bonds is 4. The van der Waals surface area contributed by atoms with Crippen LogP contribution in [0.4, 0.5) is 5.82 Å². The van der Waals surface area contributed by atoms with Crippen LogP contribution in [0.3, 0.4) is 0 Å². The number of aromatic nitrogens is 3. The Kier molecular flexibility index (Phi) is 3.85. The number of ether oxygens (including phenoxy) is 1. The van der Waals surface area contributed by atoms with E-state index in [4.69, 9.17) is 4.74 Å². The predicted molar refractivity (Wildman–Crippen MR) is 91.0 cm³/mol. The molecule has 1 N–H and O–H groups in total. The maximum absolute atomic E-state index is 5.39. The summed E-state index contributed by atoms with van der Waals surface area (Å²) in [5, 5.41) is 3.55. The van der Waals surface area contributed by atoms with Crippen molar-refractivity contribution >= 4 is 22.6 Å². The number of nitrogens with one attached hydrogen (secondary N) is 1. The Balaban J connectivity index is 1.60. The maximum Gasteiger partial charge on any atom is 0.236 e. The van der Waals surface area contributed by atoms with Crippen molar-refractivity contribution < 1.29 is 4.74 Å². The number of fused-ring (bicyclic) bond motifs is 3. The van der Waals surface area contributed by atoms with Gasteiger partial charge in [0.05, 0.1) is 24.2 Å². The summed E-state index contributed by atoms with van der Waals surface area (Å²) in [4.78, 5) is 11.6. The fourth-order valence-electron chi connectivity index (χ4n) is 3.08. The van der Waals surface area contributed by atoms with Gasteiger partial charge in [-0.25, -0.2) is 9.97 Å². The molecule has 0 atom stereocenters. The highest BCUT2D eigenvalue weighted by atomic mass is 16.5. The first-order valence-corrected chi connectivity index (χ1v) is 8.10. The molecular weight excluding hydrogens is 290 g/mol. The van der Waals surface area contributed by atoms with Gasteiger partial charge in [0.25, 0.3) is 0 Å². The Hall–Kier alpha value is -2.18. The van der Waals surface area contributed by atoms with E-state index in [1.54, 1.807) is 0 Å². The fourth-order valence-corrected chi connectivity index (χ4v) is 3.08. The van der Waals surface area contributed by atoms with Crippen molar-refractivity contribution in [2.45, 2.75) is 6.92 Å². The van der Waals surface area contributed by atoms with Crippen LogP contribution in [0, 0.1) is 6.92 Å². The van der Waals surface area contributed by atoms with Gasteiger partial charge in [0.1, 0.15) is 5.82 Å². The standard InChI is InChI=1S/C17H21N5O/c1-13-12-16(18-6-7-21-8-10-23-11-9-21)22-15-5-3-2-4-14(15)20-17(22)19-13/h2-5,12,18H,6-11H2,1H3. The molecule has 6 nitrogen and oxygen atoms in total. The van der Waals surface area contributed by atoms with Gasteiger partial charge in [-0.05, 0) is 19.1 Å². The highest BCUT2D eigenvalue weighted by Gasteiger charge is 2.12. The van der Waals surface area contributed by atoms with Crippen LogP contribution in [0.2, 0.25) is 0 Å². The van der Waals surface area contributed by atoms with E-state index < -0.39 is 0 Å². The van der Waals surface area contributed by atoms with Gasteiger partial charge in [-0.2, -0.15) is 0 Å². The summed E-state index contributed by atoms with van der Waals surface area (Å²) < 4.78 is 7.49. The molecule has 4 rings (SSSR count). The number of imidazole rings is 1. The smallest absolute Gasteiger partial charge is 0.236 e. The quantitative estimate of drug-likeness (QED) is 0.798. The highest BCUT2D eigenvalue weighted by molar-refractivity contribution is 5.81. The number of morpholine rings is 1. The summed E-state index contributed by atoms with van der Waals surface area (Å²) in [6.45, 7) is 7.62. The molecule has 0 amide bonds. The van der Waals surface area contributed by atoms with Gasteiger partial charge in [0, 0.05) is 37.9 Å². The maximum atomic E-state index is 5.39. The SMILES string of the molecule is Cc1cc(NCCN2CCOCC2)n2c(n1)nc1ccccc12. The summed E-state index contributed by atoms with van der Waals surface area (Å²) in [5.74, 6) is 1.80. The van der Waals surface area contributed by atoms with Crippen LogP contribution in [0.1, 0.15) is 5.69 Å². The van der Waals surface area contributed by atoms with Crippen molar-refractivity contribution in [1.29, 1.82) is 0 Å². The first kappa shape index (κ1) is 14.4. The minimum Gasteiger partial charge on any atom is -0.379 e. The molecule has 6 heteroatoms. The number of aryl methyl sites for hydroxylation is 1. The third-order valence-electron chi connectivity index (χ3n) is 4.24. The molecule has 1 aromatic carbocycles. The number of benzene rings is 1. The van der Waals surface area contributed by atoms with Crippen molar-refractivity contribution in [3.8, 4) is 0 Å². The Morgan fingerprint density at radius 2 is 2.00 bits per heavy atom. The summed E-state index contributed by atoms with van der Waals surface area (Å²) in [5.41, 5.74) is 3.03. The number of hydrogen-bond donors (Lipinski definition) is 1. The largest absolute Gasteiger partial charge is 0.379 e. The first-order chi connectivity index (χ1) is 11.3. The van der Waals surface area contributed by atoms with Crippen LogP contribution in [-0.4, -0.2) is 58.7 Å². The lowest BCUT2D eigenvalue weighted by molar-refractivity contribution is 0.0398. The van der Waals surface area contributed by atoms with Crippen LogP contribution >= 0.6 is 0 Å². The van der Waals surface area contributed by atoms with Gasteiger partial charge < -0.3 is 10.1 Å². The minimum absolute atomic E-state index is 0.750. The molecule has 0 aliphatic carbocycles. The van der Waals surface area contributed by atoms with E-state index in [1.807, 2.05) is 25.1 Å². The second-order valence-corrected chi connectivity index (χ2v) is 5.90. The normalized spacial score (nSPS) is 16.2. The number of hydrogen-bond acceptors (Lipinski definition) is 5. The van der Waals surface area contributed by atoms with E-state index >= 15 is 0 Å². The molecule has 3 heterocycles. The molecule has 0 spiro atoms. The molecule has 0 bridgehead atoms. The van der Waals surface area contributed by atoms with Gasteiger partial charge in [-0.15, -0.1) is 0 Å². The van der Waals surface area contributed by atoms with Crippen LogP contribution in [0.25, 0.3) is 16.8 Å². The second kappa shape index (κ2) is 6.14. The summed E-state index contributed by atoms with van der Waals surface area (Å²) in [6, 6.07) is 10.2. The van der Waals surface area contributed by atoms with Gasteiger partial charge in [0.15, 0.2) is 0 Å². The molecule has 0 saturated carbocycles. The van der Waals surface area contributed by atoms with Crippen molar-refractivity contribution in [2.75, 3.05) is 44.7 Å². The number of para-hydroxylation sites is 2. The third kappa shape index (κ3) is 2.87. The number of anilines is 1. The van der Waals surface area contributed by atoms with Gasteiger partial charge in [-0.1, -0.05) is 12.1 Å². The van der Waals surface area contributed by atoms with Crippen molar-refractivity contribution in [3.63, 3.8) is 0 Å². The lowest BCUT2D eigenvalue weighted by Gasteiger charge is -2.26. The molecule has 0 unspecified atom stereocenters. The zero-order valence-electron chi connectivity index (χ0n) is 13.3. The monoisotopic (exact) mass is 311 g/mol. The van der Waals surface area contributed by atoms with Crippen molar-refractivity contribution in [1.82, 2.24) is 19.3 Å². The molecule has 3 aromatic rings. The molecule has 1 aliphatic heterocycles. The van der Waals surface area contributed by atoms with Crippen LogP contribution < -0.4 is 5.32 Å². The fraction of sp³-hybridized carbons (Fsp3) is 0.412. The third-order valence-corrected chi connectivity index (χ3v) is 4.24. The Morgan fingerprint density at radius 1 is 1.17 bits per heavy atom. The van der Waals surface area contributed by atoms with Gasteiger partial charge in [-0.3, -0.25) is 9.30 Å². The molecule has 1 fully saturated rings. The Bertz CT molecular complexity index is 822. The average molecular weight is 311 g/mol.